The molecule has 3 heteroatoms. The predicted molar refractivity (Wildman–Crippen MR) is 75.9 cm³/mol. The fraction of sp³-hybridized carbons (Fsp3) is 1.00. The van der Waals surface area contributed by atoms with Crippen molar-refractivity contribution in [1.82, 2.24) is 10.2 Å². The molecule has 2 unspecified atom stereocenters. The summed E-state index contributed by atoms with van der Waals surface area (Å²) in [5.41, 5.74) is 0. The van der Waals surface area contributed by atoms with Crippen molar-refractivity contribution < 1.29 is 4.74 Å². The Balaban J connectivity index is 1.83. The van der Waals surface area contributed by atoms with E-state index in [-0.39, 0.29) is 0 Å². The van der Waals surface area contributed by atoms with Crippen molar-refractivity contribution in [1.29, 1.82) is 0 Å². The minimum absolute atomic E-state index is 0.463. The average Bonchev–Trinajstić information content (AvgIpc) is 2.92. The van der Waals surface area contributed by atoms with E-state index in [0.717, 1.165) is 38.6 Å². The fourth-order valence-corrected chi connectivity index (χ4v) is 3.47. The zero-order valence-corrected chi connectivity index (χ0v) is 12.2. The molecule has 2 aliphatic rings. The molecule has 1 saturated carbocycles. The van der Waals surface area contributed by atoms with Crippen LogP contribution in [-0.2, 0) is 4.74 Å². The summed E-state index contributed by atoms with van der Waals surface area (Å²) in [5, 5.41) is 3.72. The third-order valence-corrected chi connectivity index (χ3v) is 4.57. The second kappa shape index (κ2) is 7.46. The van der Waals surface area contributed by atoms with Gasteiger partial charge in [0.05, 0.1) is 12.7 Å². The van der Waals surface area contributed by atoms with Gasteiger partial charge in [-0.15, -0.1) is 0 Å². The van der Waals surface area contributed by atoms with Crippen molar-refractivity contribution in [2.45, 2.75) is 58.1 Å². The maximum atomic E-state index is 5.76. The van der Waals surface area contributed by atoms with Crippen LogP contribution in [0.25, 0.3) is 0 Å². The first-order valence-corrected chi connectivity index (χ1v) is 7.90. The van der Waals surface area contributed by atoms with Crippen molar-refractivity contribution >= 4 is 0 Å². The van der Waals surface area contributed by atoms with Crippen LogP contribution in [0.5, 0.6) is 0 Å². The molecule has 106 valence electrons. The Morgan fingerprint density at radius 1 is 1.28 bits per heavy atom. The van der Waals surface area contributed by atoms with Gasteiger partial charge in [-0.05, 0) is 31.7 Å². The highest BCUT2D eigenvalue weighted by Gasteiger charge is 2.28. The summed E-state index contributed by atoms with van der Waals surface area (Å²) in [6.07, 6.45) is 7.34. The van der Waals surface area contributed by atoms with Gasteiger partial charge >= 0.3 is 0 Å². The molecular formula is C15H30N2O. The SMILES string of the molecule is CCNC(CN1CCOC(CC)C1)C1CCCC1. The first-order chi connectivity index (χ1) is 8.83. The first-order valence-electron chi connectivity index (χ1n) is 7.90. The van der Waals surface area contributed by atoms with Gasteiger partial charge in [-0.1, -0.05) is 26.7 Å². The van der Waals surface area contributed by atoms with E-state index in [1.54, 1.807) is 0 Å². The Hall–Kier alpha value is -0.120. The number of morpholine rings is 1. The molecular weight excluding hydrogens is 224 g/mol. The van der Waals surface area contributed by atoms with Crippen molar-refractivity contribution in [3.8, 4) is 0 Å². The fourth-order valence-electron chi connectivity index (χ4n) is 3.47. The third-order valence-electron chi connectivity index (χ3n) is 4.57. The van der Waals surface area contributed by atoms with Gasteiger partial charge in [-0.25, -0.2) is 0 Å². The van der Waals surface area contributed by atoms with Crippen LogP contribution in [0.4, 0.5) is 0 Å². The van der Waals surface area contributed by atoms with Crippen LogP contribution >= 0.6 is 0 Å². The van der Waals surface area contributed by atoms with E-state index in [1.807, 2.05) is 0 Å². The Morgan fingerprint density at radius 3 is 2.72 bits per heavy atom. The molecule has 0 amide bonds. The quantitative estimate of drug-likeness (QED) is 0.787. The highest BCUT2D eigenvalue weighted by Crippen LogP contribution is 2.28. The lowest BCUT2D eigenvalue weighted by molar-refractivity contribution is -0.0338. The molecule has 3 nitrogen and oxygen atoms in total. The number of hydrogen-bond acceptors (Lipinski definition) is 3. The van der Waals surface area contributed by atoms with Crippen LogP contribution in [0.1, 0.15) is 46.0 Å². The maximum absolute atomic E-state index is 5.76. The smallest absolute Gasteiger partial charge is 0.0700 e. The molecule has 1 saturated heterocycles. The van der Waals surface area contributed by atoms with E-state index >= 15 is 0 Å². The van der Waals surface area contributed by atoms with E-state index in [1.165, 1.54) is 32.2 Å². The summed E-state index contributed by atoms with van der Waals surface area (Å²) in [6, 6.07) is 0.702. The number of ether oxygens (including phenoxy) is 1. The number of rotatable bonds is 6. The lowest BCUT2D eigenvalue weighted by Crippen LogP contribution is -2.50. The highest BCUT2D eigenvalue weighted by atomic mass is 16.5. The number of hydrogen-bond donors (Lipinski definition) is 1. The Morgan fingerprint density at radius 2 is 2.06 bits per heavy atom. The molecule has 1 heterocycles. The van der Waals surface area contributed by atoms with Crippen molar-refractivity contribution in [3.05, 3.63) is 0 Å². The van der Waals surface area contributed by atoms with Crippen molar-refractivity contribution in [2.24, 2.45) is 5.92 Å². The minimum Gasteiger partial charge on any atom is -0.376 e. The third kappa shape index (κ3) is 3.94. The summed E-state index contributed by atoms with van der Waals surface area (Å²) in [7, 11) is 0. The lowest BCUT2D eigenvalue weighted by atomic mass is 9.97. The predicted octanol–water partition coefficient (Wildman–Crippen LogP) is 2.27. The highest BCUT2D eigenvalue weighted by molar-refractivity contribution is 4.84. The summed E-state index contributed by atoms with van der Waals surface area (Å²) in [6.45, 7) is 9.95. The van der Waals surface area contributed by atoms with Gasteiger partial charge < -0.3 is 10.1 Å². The summed E-state index contributed by atoms with van der Waals surface area (Å²) in [4.78, 5) is 2.61. The molecule has 0 aromatic heterocycles. The van der Waals surface area contributed by atoms with Gasteiger partial charge in [0.2, 0.25) is 0 Å². The molecule has 1 aliphatic carbocycles. The molecule has 0 aromatic rings. The molecule has 0 aromatic carbocycles. The zero-order chi connectivity index (χ0) is 12.8. The van der Waals surface area contributed by atoms with E-state index in [4.69, 9.17) is 4.74 Å². The first kappa shape index (κ1) is 14.3. The van der Waals surface area contributed by atoms with Gasteiger partial charge in [0, 0.05) is 25.7 Å². The lowest BCUT2D eigenvalue weighted by Gasteiger charge is -2.36. The molecule has 0 radical (unpaired) electrons. The van der Waals surface area contributed by atoms with E-state index in [2.05, 4.69) is 24.1 Å². The number of likely N-dealkylation sites (N-methyl/N-ethyl adjacent to an activating group) is 1. The normalized spacial score (nSPS) is 28.7. The van der Waals surface area contributed by atoms with Crippen LogP contribution < -0.4 is 5.32 Å². The topological polar surface area (TPSA) is 24.5 Å². The van der Waals surface area contributed by atoms with Gasteiger partial charge in [0.25, 0.3) is 0 Å². The standard InChI is InChI=1S/C15H30N2O/c1-3-14-11-17(9-10-18-14)12-15(16-4-2)13-7-5-6-8-13/h13-16H,3-12H2,1-2H3. The maximum Gasteiger partial charge on any atom is 0.0700 e. The van der Waals surface area contributed by atoms with Crippen molar-refractivity contribution in [3.63, 3.8) is 0 Å². The molecule has 1 aliphatic heterocycles. The average molecular weight is 254 g/mol. The second-order valence-corrected chi connectivity index (χ2v) is 5.87. The Bertz CT molecular complexity index is 229. The van der Waals surface area contributed by atoms with E-state index in [9.17, 15) is 0 Å². The van der Waals surface area contributed by atoms with Gasteiger partial charge in [0.15, 0.2) is 0 Å². The minimum atomic E-state index is 0.463. The van der Waals surface area contributed by atoms with Crippen molar-refractivity contribution in [2.75, 3.05) is 32.8 Å². The molecule has 2 fully saturated rings. The van der Waals surface area contributed by atoms with E-state index < -0.39 is 0 Å². The van der Waals surface area contributed by atoms with Crippen LogP contribution in [0.15, 0.2) is 0 Å². The summed E-state index contributed by atoms with van der Waals surface area (Å²) < 4.78 is 5.76. The summed E-state index contributed by atoms with van der Waals surface area (Å²) >= 11 is 0. The van der Waals surface area contributed by atoms with Crippen LogP contribution in [0.2, 0.25) is 0 Å². The molecule has 0 bridgehead atoms. The van der Waals surface area contributed by atoms with Crippen LogP contribution in [-0.4, -0.2) is 49.8 Å². The van der Waals surface area contributed by atoms with Gasteiger partial charge in [-0.3, -0.25) is 4.90 Å². The Labute approximate surface area is 112 Å². The number of nitrogens with one attached hydrogen (secondary N) is 1. The summed E-state index contributed by atoms with van der Waals surface area (Å²) in [5.74, 6) is 0.910. The van der Waals surface area contributed by atoms with Gasteiger partial charge in [0.1, 0.15) is 0 Å². The monoisotopic (exact) mass is 254 g/mol. The molecule has 2 rings (SSSR count). The van der Waals surface area contributed by atoms with Gasteiger partial charge in [-0.2, -0.15) is 0 Å². The van der Waals surface area contributed by atoms with Crippen LogP contribution in [0, 0.1) is 5.92 Å². The Kier molecular flexibility index (Phi) is 5.93. The molecule has 1 N–H and O–H groups in total. The zero-order valence-electron chi connectivity index (χ0n) is 12.2. The molecule has 18 heavy (non-hydrogen) atoms. The second-order valence-electron chi connectivity index (χ2n) is 5.87. The molecule has 0 spiro atoms. The van der Waals surface area contributed by atoms with Crippen LogP contribution in [0.3, 0.4) is 0 Å². The largest absolute Gasteiger partial charge is 0.376 e. The molecule has 2 atom stereocenters. The number of nitrogens with zero attached hydrogens (tertiary/aromatic N) is 1. The van der Waals surface area contributed by atoms with E-state index in [0.29, 0.717) is 12.1 Å².